The summed E-state index contributed by atoms with van der Waals surface area (Å²) >= 11 is 0. The van der Waals surface area contributed by atoms with Gasteiger partial charge in [0.15, 0.2) is 0 Å². The van der Waals surface area contributed by atoms with Gasteiger partial charge in [-0.25, -0.2) is 0 Å². The maximum absolute atomic E-state index is 5.55. The Morgan fingerprint density at radius 2 is 1.64 bits per heavy atom. The minimum atomic E-state index is 0.910. The van der Waals surface area contributed by atoms with Crippen LogP contribution in [0, 0.1) is 6.92 Å². The second-order valence-corrected chi connectivity index (χ2v) is 5.34. The molecule has 2 nitrogen and oxygen atoms in total. The van der Waals surface area contributed by atoms with E-state index in [9.17, 15) is 0 Å². The summed E-state index contributed by atoms with van der Waals surface area (Å²) in [7, 11) is 1.73. The predicted octanol–water partition coefficient (Wildman–Crippen LogP) is 5.02. The molecular weight excluding hydrogens is 270 g/mol. The van der Waals surface area contributed by atoms with Gasteiger partial charge in [-0.05, 0) is 38.5 Å². The molecule has 0 aromatic heterocycles. The molecule has 0 fully saturated rings. The van der Waals surface area contributed by atoms with E-state index >= 15 is 0 Å². The summed E-state index contributed by atoms with van der Waals surface area (Å²) in [4.78, 5) is 2.32. The molecule has 22 heavy (non-hydrogen) atoms. The average Bonchev–Trinajstić information content (AvgIpc) is 2.56. The first-order chi connectivity index (χ1) is 10.7. The number of hydrogen-bond acceptors (Lipinski definition) is 2. The van der Waals surface area contributed by atoms with Gasteiger partial charge in [-0.2, -0.15) is 0 Å². The molecule has 0 amide bonds. The van der Waals surface area contributed by atoms with Gasteiger partial charge in [-0.3, -0.25) is 0 Å². The number of nitrogens with zero attached hydrogens (tertiary/aromatic N) is 1. The summed E-state index contributed by atoms with van der Waals surface area (Å²) in [6.45, 7) is 8.43. The highest BCUT2D eigenvalue weighted by atomic mass is 16.5. The lowest BCUT2D eigenvalue weighted by Gasteiger charge is -2.22. The molecule has 2 heteroatoms. The Morgan fingerprint density at radius 3 is 2.23 bits per heavy atom. The maximum atomic E-state index is 5.55. The zero-order valence-corrected chi connectivity index (χ0v) is 14.0. The Morgan fingerprint density at radius 1 is 0.955 bits per heavy atom. The van der Waals surface area contributed by atoms with Crippen LogP contribution in [0.3, 0.4) is 0 Å². The first-order valence-electron chi connectivity index (χ1n) is 7.85. The molecule has 2 aromatic rings. The van der Waals surface area contributed by atoms with E-state index in [2.05, 4.69) is 80.3 Å². The van der Waals surface area contributed by atoms with E-state index in [0.29, 0.717) is 0 Å². The van der Waals surface area contributed by atoms with Crippen molar-refractivity contribution in [2.45, 2.75) is 20.8 Å². The van der Waals surface area contributed by atoms with Crippen molar-refractivity contribution in [2.24, 2.45) is 0 Å². The van der Waals surface area contributed by atoms with Crippen LogP contribution in [-0.4, -0.2) is 20.2 Å². The van der Waals surface area contributed by atoms with Gasteiger partial charge in [0.2, 0.25) is 0 Å². The van der Waals surface area contributed by atoms with E-state index < -0.39 is 0 Å². The van der Waals surface area contributed by atoms with E-state index in [1.807, 2.05) is 0 Å². The lowest BCUT2D eigenvalue weighted by molar-refractivity contribution is 0.414. The molecule has 0 atom stereocenters. The summed E-state index contributed by atoms with van der Waals surface area (Å²) in [6, 6.07) is 14.9. The average molecular weight is 295 g/mol. The zero-order chi connectivity index (χ0) is 15.9. The summed E-state index contributed by atoms with van der Waals surface area (Å²) in [5.41, 5.74) is 4.77. The lowest BCUT2D eigenvalue weighted by atomic mass is 10.1. The van der Waals surface area contributed by atoms with Gasteiger partial charge in [0.1, 0.15) is 5.75 Å². The summed E-state index contributed by atoms with van der Waals surface area (Å²) in [6.07, 6.45) is 4.23. The van der Waals surface area contributed by atoms with E-state index in [4.69, 9.17) is 4.74 Å². The van der Waals surface area contributed by atoms with Gasteiger partial charge in [0.25, 0.3) is 0 Å². The van der Waals surface area contributed by atoms with Crippen molar-refractivity contribution >= 4 is 17.8 Å². The van der Waals surface area contributed by atoms with Gasteiger partial charge in [0.05, 0.1) is 7.11 Å². The second kappa shape index (κ2) is 7.69. The molecule has 0 aliphatic rings. The van der Waals surface area contributed by atoms with E-state index in [0.717, 1.165) is 24.4 Å². The maximum Gasteiger partial charge on any atom is 0.128 e. The van der Waals surface area contributed by atoms with Crippen molar-refractivity contribution < 1.29 is 4.74 Å². The Hall–Kier alpha value is -2.22. The molecule has 2 rings (SSSR count). The fraction of sp³-hybridized carbons (Fsp3) is 0.300. The van der Waals surface area contributed by atoms with Crippen LogP contribution in [0.2, 0.25) is 0 Å². The van der Waals surface area contributed by atoms with Crippen molar-refractivity contribution in [1.82, 2.24) is 0 Å². The minimum Gasteiger partial charge on any atom is -0.496 e. The van der Waals surface area contributed by atoms with Crippen LogP contribution >= 0.6 is 0 Å². The highest BCUT2D eigenvalue weighted by Crippen LogP contribution is 2.27. The third kappa shape index (κ3) is 3.91. The number of benzene rings is 2. The zero-order valence-electron chi connectivity index (χ0n) is 14.0. The summed E-state index contributed by atoms with van der Waals surface area (Å²) < 4.78 is 5.55. The molecule has 0 saturated heterocycles. The summed E-state index contributed by atoms with van der Waals surface area (Å²) in [5, 5.41) is 0. The standard InChI is InChI=1S/C20H25NO/c1-5-21(6-2)19-14-13-18(20(15-19)22-4)12-11-17-9-7-16(3)8-10-17/h7-15H,5-6H2,1-4H3. The van der Waals surface area contributed by atoms with Gasteiger partial charge >= 0.3 is 0 Å². The molecule has 0 spiro atoms. The van der Waals surface area contributed by atoms with E-state index in [-0.39, 0.29) is 0 Å². The molecule has 0 saturated carbocycles. The number of hydrogen-bond donors (Lipinski definition) is 0. The SMILES string of the molecule is CCN(CC)c1ccc(C=Cc2ccc(C)cc2)c(OC)c1. The molecule has 0 unspecified atom stereocenters. The molecule has 0 aliphatic heterocycles. The molecule has 0 radical (unpaired) electrons. The lowest BCUT2D eigenvalue weighted by Crippen LogP contribution is -2.21. The third-order valence-corrected chi connectivity index (χ3v) is 3.88. The number of aryl methyl sites for hydroxylation is 1. The quantitative estimate of drug-likeness (QED) is 0.694. The first-order valence-corrected chi connectivity index (χ1v) is 7.85. The number of methoxy groups -OCH3 is 1. The highest BCUT2D eigenvalue weighted by molar-refractivity contribution is 5.74. The predicted molar refractivity (Wildman–Crippen MR) is 96.7 cm³/mol. The third-order valence-electron chi connectivity index (χ3n) is 3.88. The minimum absolute atomic E-state index is 0.910. The summed E-state index contributed by atoms with van der Waals surface area (Å²) in [5.74, 6) is 0.910. The molecule has 116 valence electrons. The Labute approximate surface area is 134 Å². The van der Waals surface area contributed by atoms with E-state index in [1.165, 1.54) is 16.8 Å². The molecular formula is C20H25NO. The van der Waals surface area contributed by atoms with Gasteiger partial charge < -0.3 is 9.64 Å². The monoisotopic (exact) mass is 295 g/mol. The van der Waals surface area contributed by atoms with Crippen LogP contribution in [0.25, 0.3) is 12.2 Å². The molecule has 0 aliphatic carbocycles. The molecule has 0 heterocycles. The largest absolute Gasteiger partial charge is 0.496 e. The second-order valence-electron chi connectivity index (χ2n) is 5.34. The van der Waals surface area contributed by atoms with Gasteiger partial charge in [-0.1, -0.05) is 42.0 Å². The topological polar surface area (TPSA) is 12.5 Å². The van der Waals surface area contributed by atoms with Crippen molar-refractivity contribution in [2.75, 3.05) is 25.1 Å². The van der Waals surface area contributed by atoms with Crippen molar-refractivity contribution in [3.8, 4) is 5.75 Å². The molecule has 0 N–H and O–H groups in total. The normalized spacial score (nSPS) is 10.9. The highest BCUT2D eigenvalue weighted by Gasteiger charge is 2.06. The smallest absolute Gasteiger partial charge is 0.128 e. The van der Waals surface area contributed by atoms with Crippen molar-refractivity contribution in [3.63, 3.8) is 0 Å². The van der Waals surface area contributed by atoms with Crippen LogP contribution in [0.15, 0.2) is 42.5 Å². The Kier molecular flexibility index (Phi) is 5.65. The van der Waals surface area contributed by atoms with Crippen molar-refractivity contribution in [1.29, 1.82) is 0 Å². The van der Waals surface area contributed by atoms with E-state index in [1.54, 1.807) is 7.11 Å². The molecule has 2 aromatic carbocycles. The van der Waals surface area contributed by atoms with Crippen LogP contribution in [0.5, 0.6) is 5.75 Å². The number of anilines is 1. The van der Waals surface area contributed by atoms with Crippen LogP contribution < -0.4 is 9.64 Å². The number of ether oxygens (including phenoxy) is 1. The van der Waals surface area contributed by atoms with Crippen LogP contribution in [0.4, 0.5) is 5.69 Å². The number of rotatable bonds is 6. The first kappa shape index (κ1) is 16.2. The Bertz CT molecular complexity index is 625. The van der Waals surface area contributed by atoms with Crippen LogP contribution in [-0.2, 0) is 0 Å². The fourth-order valence-corrected chi connectivity index (χ4v) is 2.49. The molecule has 0 bridgehead atoms. The Balaban J connectivity index is 2.25. The van der Waals surface area contributed by atoms with Gasteiger partial charge in [-0.15, -0.1) is 0 Å². The van der Waals surface area contributed by atoms with Crippen LogP contribution in [0.1, 0.15) is 30.5 Å². The van der Waals surface area contributed by atoms with Gasteiger partial charge in [0, 0.05) is 30.4 Å². The fourth-order valence-electron chi connectivity index (χ4n) is 2.49. The van der Waals surface area contributed by atoms with Crippen molar-refractivity contribution in [3.05, 3.63) is 59.2 Å².